The van der Waals surface area contributed by atoms with Gasteiger partial charge in [-0.2, -0.15) is 0 Å². The number of likely N-dealkylation sites (N-methyl/N-ethyl adjacent to an activating group) is 1. The second-order valence-electron chi connectivity index (χ2n) is 3.76. The first-order valence-corrected chi connectivity index (χ1v) is 5.02. The summed E-state index contributed by atoms with van der Waals surface area (Å²) in [7, 11) is 2.15. The Morgan fingerprint density at radius 3 is 3.14 bits per heavy atom. The highest BCUT2D eigenvalue weighted by Gasteiger charge is 2.19. The zero-order valence-corrected chi connectivity index (χ0v) is 8.48. The van der Waals surface area contributed by atoms with Gasteiger partial charge in [-0.15, -0.1) is 0 Å². The number of rotatable bonds is 3. The van der Waals surface area contributed by atoms with E-state index in [0.29, 0.717) is 6.04 Å². The number of hydrogen-bond donors (Lipinski definition) is 1. The second kappa shape index (κ2) is 4.48. The van der Waals surface area contributed by atoms with Gasteiger partial charge in [0.15, 0.2) is 0 Å². The van der Waals surface area contributed by atoms with Crippen molar-refractivity contribution in [1.82, 2.24) is 20.2 Å². The highest BCUT2D eigenvalue weighted by Crippen LogP contribution is 2.08. The summed E-state index contributed by atoms with van der Waals surface area (Å²) in [4.78, 5) is 10.7. The maximum atomic E-state index is 4.27. The molecule has 1 N–H and O–H groups in total. The molecule has 14 heavy (non-hydrogen) atoms. The minimum absolute atomic E-state index is 0.650. The van der Waals surface area contributed by atoms with Gasteiger partial charge in [0.1, 0.15) is 0 Å². The van der Waals surface area contributed by atoms with Gasteiger partial charge in [-0.3, -0.25) is 14.9 Å². The number of nitrogens with zero attached hydrogens (tertiary/aromatic N) is 3. The fourth-order valence-corrected chi connectivity index (χ4v) is 1.81. The van der Waals surface area contributed by atoms with E-state index < -0.39 is 0 Å². The van der Waals surface area contributed by atoms with Gasteiger partial charge in [0.2, 0.25) is 0 Å². The van der Waals surface area contributed by atoms with Crippen LogP contribution < -0.4 is 5.32 Å². The van der Waals surface area contributed by atoms with Crippen LogP contribution >= 0.6 is 0 Å². The van der Waals surface area contributed by atoms with Gasteiger partial charge in [-0.05, 0) is 20.0 Å². The van der Waals surface area contributed by atoms with Crippen LogP contribution in [0.1, 0.15) is 12.1 Å². The molecule has 0 bridgehead atoms. The van der Waals surface area contributed by atoms with Crippen LogP contribution in [0.2, 0.25) is 0 Å². The molecule has 1 aliphatic heterocycles. The van der Waals surface area contributed by atoms with E-state index in [-0.39, 0.29) is 0 Å². The Bertz CT molecular complexity index is 269. The Labute approximate surface area is 84.4 Å². The molecule has 2 heterocycles. The Morgan fingerprint density at radius 1 is 1.57 bits per heavy atom. The van der Waals surface area contributed by atoms with Gasteiger partial charge in [-0.1, -0.05) is 0 Å². The van der Waals surface area contributed by atoms with Crippen LogP contribution in [-0.4, -0.2) is 41.0 Å². The van der Waals surface area contributed by atoms with Gasteiger partial charge >= 0.3 is 0 Å². The lowest BCUT2D eigenvalue weighted by atomic mass is 10.2. The van der Waals surface area contributed by atoms with Crippen molar-refractivity contribution in [2.24, 2.45) is 0 Å². The summed E-state index contributed by atoms with van der Waals surface area (Å²) >= 11 is 0. The topological polar surface area (TPSA) is 41.1 Å². The molecule has 0 saturated carbocycles. The maximum Gasteiger partial charge on any atom is 0.0726 e. The van der Waals surface area contributed by atoms with Crippen LogP contribution in [0, 0.1) is 0 Å². The molecule has 1 unspecified atom stereocenters. The minimum atomic E-state index is 0.650. The fourth-order valence-electron chi connectivity index (χ4n) is 1.81. The molecule has 1 atom stereocenters. The van der Waals surface area contributed by atoms with Gasteiger partial charge in [-0.25, -0.2) is 0 Å². The average molecular weight is 192 g/mol. The van der Waals surface area contributed by atoms with Crippen molar-refractivity contribution in [3.63, 3.8) is 0 Å². The summed E-state index contributed by atoms with van der Waals surface area (Å²) in [5, 5.41) is 3.36. The lowest BCUT2D eigenvalue weighted by Gasteiger charge is -2.22. The number of nitrogens with one attached hydrogen (secondary N) is 1. The molecule has 2 rings (SSSR count). The zero-order valence-electron chi connectivity index (χ0n) is 8.48. The van der Waals surface area contributed by atoms with E-state index in [1.807, 2.05) is 6.20 Å². The third kappa shape index (κ3) is 2.27. The molecular weight excluding hydrogens is 176 g/mol. The lowest BCUT2D eigenvalue weighted by molar-refractivity contribution is 0.246. The predicted octanol–water partition coefficient (Wildman–Crippen LogP) is 0.270. The Morgan fingerprint density at radius 2 is 2.50 bits per heavy atom. The monoisotopic (exact) mass is 192 g/mol. The molecule has 1 aromatic rings. The maximum absolute atomic E-state index is 4.27. The van der Waals surface area contributed by atoms with Crippen molar-refractivity contribution in [1.29, 1.82) is 0 Å². The van der Waals surface area contributed by atoms with E-state index in [4.69, 9.17) is 0 Å². The third-order valence-electron chi connectivity index (χ3n) is 2.69. The first-order chi connectivity index (χ1) is 6.86. The van der Waals surface area contributed by atoms with Gasteiger partial charge < -0.3 is 5.32 Å². The SMILES string of the molecule is CN(Cc1cnccn1)C1CCNC1. The molecule has 0 amide bonds. The number of hydrogen-bond acceptors (Lipinski definition) is 4. The van der Waals surface area contributed by atoms with Gasteiger partial charge in [0, 0.05) is 37.7 Å². The van der Waals surface area contributed by atoms with Crippen LogP contribution in [0.25, 0.3) is 0 Å². The molecule has 1 aromatic heterocycles. The lowest BCUT2D eigenvalue weighted by Crippen LogP contribution is -2.33. The zero-order chi connectivity index (χ0) is 9.80. The van der Waals surface area contributed by atoms with E-state index >= 15 is 0 Å². The molecule has 1 fully saturated rings. The molecule has 4 nitrogen and oxygen atoms in total. The van der Waals surface area contributed by atoms with Crippen molar-refractivity contribution >= 4 is 0 Å². The van der Waals surface area contributed by atoms with Crippen molar-refractivity contribution < 1.29 is 0 Å². The summed E-state index contributed by atoms with van der Waals surface area (Å²) in [5.41, 5.74) is 1.04. The molecule has 0 aliphatic carbocycles. The van der Waals surface area contributed by atoms with E-state index in [0.717, 1.165) is 25.3 Å². The molecule has 0 spiro atoms. The van der Waals surface area contributed by atoms with E-state index in [1.54, 1.807) is 12.4 Å². The molecule has 1 aliphatic rings. The van der Waals surface area contributed by atoms with E-state index in [1.165, 1.54) is 6.42 Å². The summed E-state index contributed by atoms with van der Waals surface area (Å²) in [5.74, 6) is 0. The largest absolute Gasteiger partial charge is 0.315 e. The van der Waals surface area contributed by atoms with Crippen LogP contribution in [-0.2, 0) is 6.54 Å². The molecule has 76 valence electrons. The Kier molecular flexibility index (Phi) is 3.06. The highest BCUT2D eigenvalue weighted by molar-refractivity contribution is 4.95. The first-order valence-electron chi connectivity index (χ1n) is 5.02. The molecule has 0 aromatic carbocycles. The van der Waals surface area contributed by atoms with Crippen LogP contribution in [0.4, 0.5) is 0 Å². The van der Waals surface area contributed by atoms with Gasteiger partial charge in [0.05, 0.1) is 5.69 Å². The highest BCUT2D eigenvalue weighted by atomic mass is 15.2. The predicted molar refractivity (Wildman–Crippen MR) is 54.8 cm³/mol. The Balaban J connectivity index is 1.90. The van der Waals surface area contributed by atoms with E-state index in [9.17, 15) is 0 Å². The molecule has 0 radical (unpaired) electrons. The molecule has 1 saturated heterocycles. The second-order valence-corrected chi connectivity index (χ2v) is 3.76. The summed E-state index contributed by atoms with van der Waals surface area (Å²) in [6, 6.07) is 0.650. The van der Waals surface area contributed by atoms with Gasteiger partial charge in [0.25, 0.3) is 0 Å². The number of aromatic nitrogens is 2. The smallest absolute Gasteiger partial charge is 0.0726 e. The minimum Gasteiger partial charge on any atom is -0.315 e. The fraction of sp³-hybridized carbons (Fsp3) is 0.600. The molecule has 4 heteroatoms. The van der Waals surface area contributed by atoms with Crippen LogP contribution in [0.3, 0.4) is 0 Å². The average Bonchev–Trinajstić information content (AvgIpc) is 2.72. The normalized spacial score (nSPS) is 21.7. The molecular formula is C10H16N4. The van der Waals surface area contributed by atoms with Crippen molar-refractivity contribution in [2.45, 2.75) is 19.0 Å². The summed E-state index contributed by atoms with van der Waals surface area (Å²) in [6.07, 6.45) is 6.52. The van der Waals surface area contributed by atoms with Crippen molar-refractivity contribution in [3.8, 4) is 0 Å². The van der Waals surface area contributed by atoms with Crippen molar-refractivity contribution in [2.75, 3.05) is 20.1 Å². The third-order valence-corrected chi connectivity index (χ3v) is 2.69. The van der Waals surface area contributed by atoms with Crippen molar-refractivity contribution in [3.05, 3.63) is 24.3 Å². The van der Waals surface area contributed by atoms with E-state index in [2.05, 4.69) is 27.2 Å². The summed E-state index contributed by atoms with van der Waals surface area (Å²) < 4.78 is 0. The standard InChI is InChI=1S/C10H16N4/c1-14(10-2-3-11-7-10)8-9-6-12-4-5-13-9/h4-6,10-11H,2-3,7-8H2,1H3. The quantitative estimate of drug-likeness (QED) is 0.746. The Hall–Kier alpha value is -1.00. The van der Waals surface area contributed by atoms with Crippen LogP contribution in [0.15, 0.2) is 18.6 Å². The summed E-state index contributed by atoms with van der Waals surface area (Å²) in [6.45, 7) is 3.12. The first kappa shape index (κ1) is 9.55. The van der Waals surface area contributed by atoms with Crippen LogP contribution in [0.5, 0.6) is 0 Å².